The Labute approximate surface area is 223 Å². The zero-order valence-corrected chi connectivity index (χ0v) is 26.5. The van der Waals surface area contributed by atoms with Crippen molar-refractivity contribution in [2.24, 2.45) is 4.36 Å². The van der Waals surface area contributed by atoms with Crippen LogP contribution in [0, 0.1) is 17.1 Å². The monoisotopic (exact) mass is 606 g/mol. The largest absolute Gasteiger partial charge is 0.598 e. The third-order valence-electron chi connectivity index (χ3n) is 7.46. The van der Waals surface area contributed by atoms with E-state index in [0.717, 1.165) is 18.1 Å². The first-order valence-electron chi connectivity index (χ1n) is 12.2. The third-order valence-corrected chi connectivity index (χ3v) is 18.5. The summed E-state index contributed by atoms with van der Waals surface area (Å²) < 4.78 is 50.3. The van der Waals surface area contributed by atoms with Crippen LogP contribution in [0.25, 0.3) is 0 Å². The topological polar surface area (TPSA) is 101 Å². The lowest BCUT2D eigenvalue weighted by Gasteiger charge is -2.39. The number of aromatic nitrogens is 1. The molecule has 0 saturated heterocycles. The molecule has 0 aliphatic carbocycles. The first-order valence-corrected chi connectivity index (χ1v) is 18.5. The number of rotatable bonds is 9. The molecule has 0 aromatic carbocycles. The predicted molar refractivity (Wildman–Crippen MR) is 151 cm³/mol. The number of nitriles is 1. The molecule has 0 spiro atoms. The molecular weight excluding hydrogens is 567 g/mol. The molecule has 11 heteroatoms. The van der Waals surface area contributed by atoms with Crippen LogP contribution in [0.4, 0.5) is 4.39 Å². The summed E-state index contributed by atoms with van der Waals surface area (Å²) in [6.45, 7) is 15.5. The van der Waals surface area contributed by atoms with Crippen LogP contribution in [-0.2, 0) is 26.6 Å². The third kappa shape index (κ3) is 5.98. The van der Waals surface area contributed by atoms with Gasteiger partial charge in [-0.1, -0.05) is 38.9 Å². The lowest BCUT2D eigenvalue weighted by atomic mass is 10.0. The number of nitrogens with one attached hydrogen (secondary N) is 1. The van der Waals surface area contributed by atoms with Crippen molar-refractivity contribution in [3.05, 3.63) is 22.2 Å². The smallest absolute Gasteiger partial charge is 0.146 e. The highest BCUT2D eigenvalue weighted by atomic mass is 79.9. The minimum Gasteiger partial charge on any atom is -0.598 e. The second-order valence-corrected chi connectivity index (χ2v) is 21.6. The first-order chi connectivity index (χ1) is 16.1. The van der Waals surface area contributed by atoms with Crippen molar-refractivity contribution in [1.82, 2.24) is 9.71 Å². The lowest BCUT2D eigenvalue weighted by Crippen LogP contribution is -2.57. The molecule has 1 aromatic rings. The van der Waals surface area contributed by atoms with Gasteiger partial charge in [-0.15, -0.1) is 4.72 Å². The molecule has 1 aliphatic rings. The van der Waals surface area contributed by atoms with Gasteiger partial charge in [-0.25, -0.2) is 17.9 Å². The maximum absolute atomic E-state index is 16.5. The first kappa shape index (κ1) is 30.7. The molecule has 35 heavy (non-hydrogen) atoms. The fourth-order valence-corrected chi connectivity index (χ4v) is 12.7. The van der Waals surface area contributed by atoms with Crippen LogP contribution in [0.2, 0.25) is 18.1 Å². The van der Waals surface area contributed by atoms with Crippen LogP contribution < -0.4 is 9.91 Å². The zero-order chi connectivity index (χ0) is 26.9. The van der Waals surface area contributed by atoms with Crippen molar-refractivity contribution in [2.45, 2.75) is 101 Å². The van der Waals surface area contributed by atoms with Crippen LogP contribution >= 0.6 is 15.9 Å². The highest BCUT2D eigenvalue weighted by molar-refractivity contribution is 9.10. The van der Waals surface area contributed by atoms with Crippen molar-refractivity contribution in [2.75, 3.05) is 12.3 Å². The van der Waals surface area contributed by atoms with Gasteiger partial charge in [0.1, 0.15) is 31.1 Å². The Hall–Kier alpha value is -0.513. The van der Waals surface area contributed by atoms with Gasteiger partial charge in [0, 0.05) is 17.9 Å². The number of nitrogens with zero attached hydrogens (tertiary/aromatic N) is 3. The summed E-state index contributed by atoms with van der Waals surface area (Å²) >= 11 is 1.88. The van der Waals surface area contributed by atoms with E-state index in [1.54, 1.807) is 19.9 Å². The SMILES string of the molecule is CC[Si](CC)(CC)c1cc(Br)nc(C(C)(CS2(=O)=NCCCC2(C)C#N)N[S+]([O-])C(C)(C)C)c1F. The standard InChI is InChI=1S/C24H40BrFN4O2S2Si/c1-9-35(10-2,11-3)18-15-19(25)29-21(20(18)26)24(8,30-33(31)22(4,5)6)17-34(32)23(7,16-27)13-12-14-28-34/h15,30H,9-14,17H2,1-8H3. The fraction of sp³-hybridized carbons (Fsp3) is 0.750. The van der Waals surface area contributed by atoms with E-state index in [9.17, 15) is 14.0 Å². The number of pyridine rings is 1. The Morgan fingerprint density at radius 1 is 1.31 bits per heavy atom. The van der Waals surface area contributed by atoms with E-state index in [-0.39, 0.29) is 11.4 Å². The minimum atomic E-state index is -3.12. The number of hydrogen-bond donors (Lipinski definition) is 1. The average Bonchev–Trinajstić information content (AvgIpc) is 2.78. The van der Waals surface area contributed by atoms with Gasteiger partial charge in [-0.05, 0) is 74.6 Å². The van der Waals surface area contributed by atoms with Gasteiger partial charge in [-0.2, -0.15) is 5.26 Å². The Balaban J connectivity index is 2.84. The van der Waals surface area contributed by atoms with Crippen molar-refractivity contribution < 1.29 is 13.2 Å². The van der Waals surface area contributed by atoms with Gasteiger partial charge in [0.05, 0.1) is 29.6 Å². The summed E-state index contributed by atoms with van der Waals surface area (Å²) in [5.41, 5.74) is -1.30. The Morgan fingerprint density at radius 2 is 1.89 bits per heavy atom. The second-order valence-electron chi connectivity index (χ2n) is 10.9. The number of halogens is 2. The maximum atomic E-state index is 16.5. The molecule has 0 fully saturated rings. The summed E-state index contributed by atoms with van der Waals surface area (Å²) in [5, 5.41) is 10.6. The lowest BCUT2D eigenvalue weighted by molar-refractivity contribution is 0.422. The average molecular weight is 608 g/mol. The fourth-order valence-electron chi connectivity index (χ4n) is 4.73. The highest BCUT2D eigenvalue weighted by Crippen LogP contribution is 2.37. The predicted octanol–water partition coefficient (Wildman–Crippen LogP) is 5.51. The maximum Gasteiger partial charge on any atom is 0.146 e. The van der Waals surface area contributed by atoms with Crippen molar-refractivity contribution in [1.29, 1.82) is 5.26 Å². The van der Waals surface area contributed by atoms with E-state index in [1.807, 2.05) is 20.8 Å². The van der Waals surface area contributed by atoms with Crippen LogP contribution in [0.5, 0.6) is 0 Å². The van der Waals surface area contributed by atoms with Gasteiger partial charge in [0.15, 0.2) is 0 Å². The molecule has 1 aromatic heterocycles. The molecule has 4 atom stereocenters. The molecule has 0 bridgehead atoms. The molecule has 1 N–H and O–H groups in total. The van der Waals surface area contributed by atoms with Crippen molar-refractivity contribution >= 4 is 50.3 Å². The van der Waals surface area contributed by atoms with Crippen molar-refractivity contribution in [3.8, 4) is 6.07 Å². The van der Waals surface area contributed by atoms with Crippen LogP contribution in [0.3, 0.4) is 0 Å². The van der Waals surface area contributed by atoms with E-state index < -0.39 is 50.0 Å². The van der Waals surface area contributed by atoms with Crippen LogP contribution in [0.1, 0.15) is 73.9 Å². The van der Waals surface area contributed by atoms with E-state index >= 15 is 4.39 Å². The molecule has 4 unspecified atom stereocenters. The van der Waals surface area contributed by atoms with Crippen LogP contribution in [0.15, 0.2) is 15.0 Å². The van der Waals surface area contributed by atoms with E-state index in [1.165, 1.54) is 0 Å². The van der Waals surface area contributed by atoms with Gasteiger partial charge >= 0.3 is 0 Å². The zero-order valence-electron chi connectivity index (χ0n) is 22.3. The van der Waals surface area contributed by atoms with E-state index in [2.05, 4.69) is 56.8 Å². The molecule has 0 radical (unpaired) electrons. The summed E-state index contributed by atoms with van der Waals surface area (Å²) in [6, 6.07) is 6.65. The van der Waals surface area contributed by atoms with E-state index in [0.29, 0.717) is 29.2 Å². The van der Waals surface area contributed by atoms with Gasteiger partial charge in [0.2, 0.25) is 0 Å². The van der Waals surface area contributed by atoms with Crippen molar-refractivity contribution in [3.63, 3.8) is 0 Å². The summed E-state index contributed by atoms with van der Waals surface area (Å²) in [4.78, 5) is 4.54. The summed E-state index contributed by atoms with van der Waals surface area (Å²) in [6.07, 6.45) is 1.12. The van der Waals surface area contributed by atoms with E-state index in [4.69, 9.17) is 0 Å². The van der Waals surface area contributed by atoms with Gasteiger partial charge in [0.25, 0.3) is 0 Å². The molecular formula is C24H40BrFN4O2S2Si. The Bertz CT molecular complexity index is 1090. The number of hydrogen-bond acceptors (Lipinski definition) is 6. The molecule has 6 nitrogen and oxygen atoms in total. The normalized spacial score (nSPS) is 25.9. The molecule has 0 amide bonds. The quantitative estimate of drug-likeness (QED) is 0.227. The summed E-state index contributed by atoms with van der Waals surface area (Å²) in [5.74, 6) is -0.589. The second kappa shape index (κ2) is 11.1. The Kier molecular flexibility index (Phi) is 9.72. The molecule has 0 saturated carbocycles. The molecule has 2 rings (SSSR count). The molecule has 1 aliphatic heterocycles. The van der Waals surface area contributed by atoms with Gasteiger partial charge < -0.3 is 4.55 Å². The summed E-state index contributed by atoms with van der Waals surface area (Å²) in [7, 11) is -5.27. The molecule has 198 valence electrons. The molecule has 2 heterocycles. The highest BCUT2D eigenvalue weighted by Gasteiger charge is 2.49. The van der Waals surface area contributed by atoms with Crippen LogP contribution in [-0.4, -0.2) is 43.6 Å². The van der Waals surface area contributed by atoms with Gasteiger partial charge in [-0.3, -0.25) is 0 Å². The minimum absolute atomic E-state index is 0.0792. The Morgan fingerprint density at radius 3 is 2.37 bits per heavy atom.